The Kier molecular flexibility index (Phi) is 5.70. The largest absolute Gasteiger partial charge is 0.383 e. The van der Waals surface area contributed by atoms with E-state index in [4.69, 9.17) is 14.7 Å². The molecule has 1 aromatic carbocycles. The van der Waals surface area contributed by atoms with Gasteiger partial charge in [-0.2, -0.15) is 4.98 Å². The van der Waals surface area contributed by atoms with E-state index >= 15 is 0 Å². The molecule has 0 radical (unpaired) electrons. The van der Waals surface area contributed by atoms with Gasteiger partial charge in [-0.25, -0.2) is 4.98 Å². The van der Waals surface area contributed by atoms with Gasteiger partial charge < -0.3 is 14.5 Å². The van der Waals surface area contributed by atoms with Crippen molar-refractivity contribution in [3.8, 4) is 0 Å². The lowest BCUT2D eigenvalue weighted by Gasteiger charge is -2.29. The highest BCUT2D eigenvalue weighted by molar-refractivity contribution is 5.68. The standard InChI is InChI=1S/C22H32N4O/c1-8-25(20-15(3)11-14(2)12-16(20)4)22-23-18(6)19-9-10-26(21(19)24-22)17(5)13-27-7/h11-12,17H,8-10,13H2,1-7H3. The monoisotopic (exact) mass is 368 g/mol. The molecule has 27 heavy (non-hydrogen) atoms. The molecule has 5 heteroatoms. The maximum Gasteiger partial charge on any atom is 0.232 e. The second kappa shape index (κ2) is 7.85. The van der Waals surface area contributed by atoms with Gasteiger partial charge in [0, 0.05) is 37.1 Å². The predicted octanol–water partition coefficient (Wildman–Crippen LogP) is 4.27. The summed E-state index contributed by atoms with van der Waals surface area (Å²) >= 11 is 0. The summed E-state index contributed by atoms with van der Waals surface area (Å²) in [4.78, 5) is 14.5. The van der Waals surface area contributed by atoms with Crippen LogP contribution in [0.25, 0.3) is 0 Å². The first-order valence-corrected chi connectivity index (χ1v) is 9.85. The topological polar surface area (TPSA) is 41.5 Å². The van der Waals surface area contributed by atoms with Gasteiger partial charge >= 0.3 is 0 Å². The van der Waals surface area contributed by atoms with Gasteiger partial charge in [0.25, 0.3) is 0 Å². The molecule has 2 heterocycles. The van der Waals surface area contributed by atoms with Crippen LogP contribution in [-0.2, 0) is 11.2 Å². The summed E-state index contributed by atoms with van der Waals surface area (Å²) in [6.45, 7) is 15.5. The van der Waals surface area contributed by atoms with E-state index in [1.807, 2.05) is 0 Å². The number of hydrogen-bond donors (Lipinski definition) is 0. The van der Waals surface area contributed by atoms with Crippen LogP contribution in [0.2, 0.25) is 0 Å². The second-order valence-corrected chi connectivity index (χ2v) is 7.65. The van der Waals surface area contributed by atoms with Gasteiger partial charge in [-0.05, 0) is 59.1 Å². The minimum atomic E-state index is 0.302. The predicted molar refractivity (Wildman–Crippen MR) is 112 cm³/mol. The van der Waals surface area contributed by atoms with E-state index in [-0.39, 0.29) is 0 Å². The number of aromatic nitrogens is 2. The van der Waals surface area contributed by atoms with E-state index in [0.717, 1.165) is 37.0 Å². The van der Waals surface area contributed by atoms with Crippen molar-refractivity contribution in [2.45, 2.75) is 54.0 Å². The summed E-state index contributed by atoms with van der Waals surface area (Å²) in [5.41, 5.74) is 7.40. The average Bonchev–Trinajstić information content (AvgIpc) is 3.02. The van der Waals surface area contributed by atoms with E-state index in [1.54, 1.807) is 7.11 Å². The third-order valence-electron chi connectivity index (χ3n) is 5.46. The van der Waals surface area contributed by atoms with Crippen molar-refractivity contribution in [2.24, 2.45) is 0 Å². The molecule has 0 amide bonds. The molecule has 0 spiro atoms. The van der Waals surface area contributed by atoms with Crippen molar-refractivity contribution in [1.29, 1.82) is 0 Å². The van der Waals surface area contributed by atoms with Crippen molar-refractivity contribution >= 4 is 17.5 Å². The van der Waals surface area contributed by atoms with Crippen molar-refractivity contribution in [3.05, 3.63) is 40.1 Å². The number of rotatable bonds is 6. The number of hydrogen-bond acceptors (Lipinski definition) is 5. The molecule has 1 aliphatic heterocycles. The molecule has 0 saturated heterocycles. The fourth-order valence-electron chi connectivity index (χ4n) is 4.31. The quantitative estimate of drug-likeness (QED) is 0.762. The molecule has 2 aromatic rings. The van der Waals surface area contributed by atoms with E-state index in [9.17, 15) is 0 Å². The highest BCUT2D eigenvalue weighted by Crippen LogP contribution is 2.35. The molecule has 146 valence electrons. The van der Waals surface area contributed by atoms with E-state index < -0.39 is 0 Å². The van der Waals surface area contributed by atoms with Gasteiger partial charge in [-0.3, -0.25) is 0 Å². The second-order valence-electron chi connectivity index (χ2n) is 7.65. The Morgan fingerprint density at radius 2 is 1.81 bits per heavy atom. The van der Waals surface area contributed by atoms with Crippen LogP contribution in [0.4, 0.5) is 17.5 Å². The first-order valence-electron chi connectivity index (χ1n) is 9.85. The minimum Gasteiger partial charge on any atom is -0.383 e. The van der Waals surface area contributed by atoms with Crippen LogP contribution in [0.15, 0.2) is 12.1 Å². The van der Waals surface area contributed by atoms with Crippen molar-refractivity contribution in [2.75, 3.05) is 36.6 Å². The number of ether oxygens (including phenoxy) is 1. The Balaban J connectivity index is 2.07. The van der Waals surface area contributed by atoms with Gasteiger partial charge in [0.1, 0.15) is 5.82 Å². The van der Waals surface area contributed by atoms with Crippen LogP contribution in [0.3, 0.4) is 0 Å². The molecule has 0 saturated carbocycles. The summed E-state index contributed by atoms with van der Waals surface area (Å²) in [6, 6.07) is 4.77. The SMILES string of the molecule is CCN(c1nc(C)c2c(n1)N(C(C)COC)CC2)c1c(C)cc(C)cc1C. The van der Waals surface area contributed by atoms with Gasteiger partial charge in [-0.1, -0.05) is 17.7 Å². The zero-order valence-corrected chi connectivity index (χ0v) is 17.8. The third kappa shape index (κ3) is 3.65. The van der Waals surface area contributed by atoms with Crippen LogP contribution in [0.5, 0.6) is 0 Å². The molecule has 1 aliphatic rings. The molecule has 1 aromatic heterocycles. The van der Waals surface area contributed by atoms with Crippen LogP contribution < -0.4 is 9.80 Å². The molecule has 0 aliphatic carbocycles. The average molecular weight is 369 g/mol. The Bertz CT molecular complexity index is 810. The number of methoxy groups -OCH3 is 1. The normalized spacial score (nSPS) is 14.4. The van der Waals surface area contributed by atoms with Gasteiger partial charge in [0.05, 0.1) is 12.6 Å². The number of fused-ring (bicyclic) bond motifs is 1. The summed E-state index contributed by atoms with van der Waals surface area (Å²) in [5, 5.41) is 0. The van der Waals surface area contributed by atoms with Crippen LogP contribution in [-0.4, -0.2) is 42.8 Å². The first-order chi connectivity index (χ1) is 12.9. The van der Waals surface area contributed by atoms with Gasteiger partial charge in [0.15, 0.2) is 0 Å². The Morgan fingerprint density at radius 3 is 2.41 bits per heavy atom. The van der Waals surface area contributed by atoms with Crippen LogP contribution in [0.1, 0.15) is 41.8 Å². The molecular weight excluding hydrogens is 336 g/mol. The molecule has 5 nitrogen and oxygen atoms in total. The van der Waals surface area contributed by atoms with E-state index in [1.165, 1.54) is 27.9 Å². The van der Waals surface area contributed by atoms with Crippen molar-refractivity contribution in [3.63, 3.8) is 0 Å². The third-order valence-corrected chi connectivity index (χ3v) is 5.46. The zero-order valence-electron chi connectivity index (χ0n) is 17.8. The molecule has 3 rings (SSSR count). The lowest BCUT2D eigenvalue weighted by molar-refractivity contribution is 0.182. The summed E-state index contributed by atoms with van der Waals surface area (Å²) < 4.78 is 5.38. The Labute approximate surface area is 163 Å². The summed E-state index contributed by atoms with van der Waals surface area (Å²) in [7, 11) is 1.76. The molecule has 1 atom stereocenters. The number of anilines is 3. The van der Waals surface area contributed by atoms with Crippen molar-refractivity contribution < 1.29 is 4.74 Å². The lowest BCUT2D eigenvalue weighted by Crippen LogP contribution is -2.35. The fraction of sp³-hybridized carbons (Fsp3) is 0.545. The van der Waals surface area contributed by atoms with E-state index in [0.29, 0.717) is 12.6 Å². The molecule has 1 unspecified atom stereocenters. The molecular formula is C22H32N4O. The highest BCUT2D eigenvalue weighted by atomic mass is 16.5. The number of aryl methyl sites for hydroxylation is 4. The zero-order chi connectivity index (χ0) is 19.7. The lowest BCUT2D eigenvalue weighted by atomic mass is 10.0. The van der Waals surface area contributed by atoms with E-state index in [2.05, 4.69) is 63.5 Å². The minimum absolute atomic E-state index is 0.302. The fourth-order valence-corrected chi connectivity index (χ4v) is 4.31. The van der Waals surface area contributed by atoms with Gasteiger partial charge in [0.2, 0.25) is 5.95 Å². The maximum absolute atomic E-state index is 5.38. The van der Waals surface area contributed by atoms with Gasteiger partial charge in [-0.15, -0.1) is 0 Å². The Morgan fingerprint density at radius 1 is 1.15 bits per heavy atom. The number of benzene rings is 1. The highest BCUT2D eigenvalue weighted by Gasteiger charge is 2.29. The van der Waals surface area contributed by atoms with Crippen LogP contribution in [0, 0.1) is 27.7 Å². The smallest absolute Gasteiger partial charge is 0.232 e. The van der Waals surface area contributed by atoms with Crippen molar-refractivity contribution in [1.82, 2.24) is 9.97 Å². The summed E-state index contributed by atoms with van der Waals surface area (Å²) in [6.07, 6.45) is 1.00. The maximum atomic E-state index is 5.38. The molecule has 0 fully saturated rings. The summed E-state index contributed by atoms with van der Waals surface area (Å²) in [5.74, 6) is 1.86. The number of nitrogens with zero attached hydrogens (tertiary/aromatic N) is 4. The first kappa shape index (κ1) is 19.6. The molecule has 0 N–H and O–H groups in total. The Hall–Kier alpha value is -2.14. The van der Waals surface area contributed by atoms with Crippen LogP contribution >= 0.6 is 0 Å². The molecule has 0 bridgehead atoms.